The lowest BCUT2D eigenvalue weighted by Crippen LogP contribution is -2.12. The monoisotopic (exact) mass is 322 g/mol. The highest BCUT2D eigenvalue weighted by molar-refractivity contribution is 5.26. The van der Waals surface area contributed by atoms with Crippen LogP contribution < -0.4 is 0 Å². The first kappa shape index (κ1) is 18.8. The Balaban J connectivity index is 0.000000139. The Kier molecular flexibility index (Phi) is 7.09. The number of allylic oxidation sites excluding steroid dienone is 9. The maximum atomic E-state index is 3.36. The van der Waals surface area contributed by atoms with Crippen molar-refractivity contribution in [2.75, 3.05) is 0 Å². The van der Waals surface area contributed by atoms with E-state index < -0.39 is 0 Å². The molecule has 2 fully saturated rings. The van der Waals surface area contributed by atoms with Crippen LogP contribution in [0.1, 0.15) is 39.5 Å². The van der Waals surface area contributed by atoms with Crippen LogP contribution in [0.15, 0.2) is 73.9 Å². The van der Waals surface area contributed by atoms with E-state index in [0.717, 1.165) is 35.5 Å². The summed E-state index contributed by atoms with van der Waals surface area (Å²) in [6, 6.07) is 0. The molecule has 5 aliphatic rings. The zero-order chi connectivity index (χ0) is 17.5. The second kappa shape index (κ2) is 9.06. The van der Waals surface area contributed by atoms with Crippen molar-refractivity contribution in [1.29, 1.82) is 0 Å². The Labute approximate surface area is 149 Å². The van der Waals surface area contributed by atoms with E-state index in [9.17, 15) is 0 Å². The van der Waals surface area contributed by atoms with Crippen molar-refractivity contribution >= 4 is 0 Å². The van der Waals surface area contributed by atoms with Gasteiger partial charge in [-0.1, -0.05) is 54.2 Å². The Morgan fingerprint density at radius 1 is 0.958 bits per heavy atom. The van der Waals surface area contributed by atoms with Crippen LogP contribution >= 0.6 is 0 Å². The maximum absolute atomic E-state index is 3.36. The molecule has 24 heavy (non-hydrogen) atoms. The molecule has 0 N–H and O–H groups in total. The molecule has 0 spiro atoms. The minimum atomic E-state index is 0.833. The maximum Gasteiger partial charge on any atom is -0.00174 e. The molecule has 6 unspecified atom stereocenters. The van der Waals surface area contributed by atoms with E-state index in [4.69, 9.17) is 0 Å². The summed E-state index contributed by atoms with van der Waals surface area (Å²) >= 11 is 0. The molecule has 5 rings (SSSR count). The van der Waals surface area contributed by atoms with Crippen LogP contribution in [0.4, 0.5) is 0 Å². The summed E-state index contributed by atoms with van der Waals surface area (Å²) in [6.07, 6.45) is 24.0. The van der Waals surface area contributed by atoms with Gasteiger partial charge >= 0.3 is 0 Å². The fraction of sp³-hybridized carbons (Fsp3) is 0.500. The minimum absolute atomic E-state index is 0.833. The third-order valence-corrected chi connectivity index (χ3v) is 5.97. The first-order valence-electron chi connectivity index (χ1n) is 9.52. The van der Waals surface area contributed by atoms with E-state index >= 15 is 0 Å². The number of hydrogen-bond acceptors (Lipinski definition) is 0. The quantitative estimate of drug-likeness (QED) is 0.425. The molecule has 0 heteroatoms. The van der Waals surface area contributed by atoms with Gasteiger partial charge in [0.05, 0.1) is 0 Å². The smallest absolute Gasteiger partial charge is 0.00174 e. The highest BCUT2D eigenvalue weighted by atomic mass is 14.5. The predicted molar refractivity (Wildman–Crippen MR) is 108 cm³/mol. The lowest BCUT2D eigenvalue weighted by molar-refractivity contribution is 0.398. The largest absolute Gasteiger partial charge is 0.106 e. The average Bonchev–Trinajstić information content (AvgIpc) is 3.43. The number of rotatable bonds is 0. The van der Waals surface area contributed by atoms with Gasteiger partial charge in [0.1, 0.15) is 0 Å². The van der Waals surface area contributed by atoms with Crippen LogP contribution in [0.5, 0.6) is 0 Å². The normalized spacial score (nSPS) is 39.5. The molecule has 0 aromatic rings. The summed E-state index contributed by atoms with van der Waals surface area (Å²) in [5, 5.41) is 0. The summed E-state index contributed by atoms with van der Waals surface area (Å²) < 4.78 is 0. The molecule has 6 atom stereocenters. The zero-order valence-electron chi connectivity index (χ0n) is 15.5. The van der Waals surface area contributed by atoms with Gasteiger partial charge in [0.15, 0.2) is 0 Å². The highest BCUT2D eigenvalue weighted by Crippen LogP contribution is 2.52. The van der Waals surface area contributed by atoms with Crippen molar-refractivity contribution in [3.63, 3.8) is 0 Å². The van der Waals surface area contributed by atoms with Crippen molar-refractivity contribution in [2.24, 2.45) is 35.5 Å². The van der Waals surface area contributed by atoms with Crippen molar-refractivity contribution in [3.05, 3.63) is 73.9 Å². The summed E-state index contributed by atoms with van der Waals surface area (Å²) in [4.78, 5) is 0. The third kappa shape index (κ3) is 3.91. The van der Waals surface area contributed by atoms with E-state index in [1.165, 1.54) is 25.7 Å². The SMILES string of the molecule is C1=CC2C3C=CC(C3)C2C1.C=C.C=CC.CC=C1CC2C=CC1C2. The second-order valence-corrected chi connectivity index (χ2v) is 7.32. The highest BCUT2D eigenvalue weighted by Gasteiger charge is 2.44. The van der Waals surface area contributed by atoms with Crippen molar-refractivity contribution < 1.29 is 0 Å². The van der Waals surface area contributed by atoms with Gasteiger partial charge < -0.3 is 0 Å². The lowest BCUT2D eigenvalue weighted by atomic mass is 9.86. The van der Waals surface area contributed by atoms with Crippen LogP contribution in [0.25, 0.3) is 0 Å². The van der Waals surface area contributed by atoms with Crippen LogP contribution in [-0.4, -0.2) is 0 Å². The Morgan fingerprint density at radius 3 is 2.17 bits per heavy atom. The fourth-order valence-corrected chi connectivity index (χ4v) is 4.96. The van der Waals surface area contributed by atoms with E-state index in [-0.39, 0.29) is 0 Å². The summed E-state index contributed by atoms with van der Waals surface area (Å²) in [5.41, 5.74) is 1.67. The zero-order valence-corrected chi connectivity index (χ0v) is 15.5. The van der Waals surface area contributed by atoms with Crippen molar-refractivity contribution in [3.8, 4) is 0 Å². The van der Waals surface area contributed by atoms with E-state index in [1.807, 2.05) is 6.92 Å². The van der Waals surface area contributed by atoms with Gasteiger partial charge in [-0.15, -0.1) is 19.7 Å². The topological polar surface area (TPSA) is 0 Å². The molecule has 4 bridgehead atoms. The van der Waals surface area contributed by atoms with Crippen LogP contribution in [-0.2, 0) is 0 Å². The molecule has 5 aliphatic carbocycles. The van der Waals surface area contributed by atoms with Gasteiger partial charge in [0, 0.05) is 0 Å². The number of fused-ring (bicyclic) bond motifs is 7. The molecule has 0 aromatic carbocycles. The molecular formula is C24H34. The van der Waals surface area contributed by atoms with Crippen molar-refractivity contribution in [2.45, 2.75) is 39.5 Å². The molecule has 0 heterocycles. The van der Waals surface area contributed by atoms with Gasteiger partial charge in [-0.3, -0.25) is 0 Å². The van der Waals surface area contributed by atoms with Crippen LogP contribution in [0.3, 0.4) is 0 Å². The molecule has 0 radical (unpaired) electrons. The Hall–Kier alpha value is -1.56. The molecule has 2 saturated carbocycles. The summed E-state index contributed by atoms with van der Waals surface area (Å²) in [7, 11) is 0. The van der Waals surface area contributed by atoms with Crippen molar-refractivity contribution in [1.82, 2.24) is 0 Å². The Morgan fingerprint density at radius 2 is 1.67 bits per heavy atom. The Bertz CT molecular complexity index is 530. The standard InChI is InChI=1S/C10H12.C9H12.C3H6.C2H4/c1-2-9-7-4-5-8(6-7)10(9)3-1;1-2-8-5-7-3-4-9(8)6-7;1-3-2;1-2/h1-2,4-5,7-10H,3,6H2;2-4,7,9H,5-6H2,1H3;3H,1H2,2H3;1-2H2. The molecular weight excluding hydrogens is 288 g/mol. The predicted octanol–water partition coefficient (Wildman–Crippen LogP) is 6.91. The second-order valence-electron chi connectivity index (χ2n) is 7.32. The molecule has 0 saturated heterocycles. The van der Waals surface area contributed by atoms with E-state index in [1.54, 1.807) is 11.6 Å². The van der Waals surface area contributed by atoms with Gasteiger partial charge in [0.25, 0.3) is 0 Å². The molecule has 0 amide bonds. The molecule has 130 valence electrons. The van der Waals surface area contributed by atoms with E-state index in [0.29, 0.717) is 0 Å². The number of hydrogen-bond donors (Lipinski definition) is 0. The van der Waals surface area contributed by atoms with Gasteiger partial charge in [-0.2, -0.15) is 0 Å². The summed E-state index contributed by atoms with van der Waals surface area (Å²) in [5.74, 6) is 5.56. The van der Waals surface area contributed by atoms with E-state index in [2.05, 4.69) is 69.2 Å². The van der Waals surface area contributed by atoms with Crippen LogP contribution in [0.2, 0.25) is 0 Å². The lowest BCUT2D eigenvalue weighted by Gasteiger charge is -2.18. The van der Waals surface area contributed by atoms with Gasteiger partial charge in [-0.05, 0) is 75.0 Å². The first-order valence-corrected chi connectivity index (χ1v) is 9.52. The average molecular weight is 323 g/mol. The molecule has 0 nitrogen and oxygen atoms in total. The summed E-state index contributed by atoms with van der Waals surface area (Å²) in [6.45, 7) is 13.4. The fourth-order valence-electron chi connectivity index (χ4n) is 4.96. The molecule has 0 aromatic heterocycles. The van der Waals surface area contributed by atoms with Gasteiger partial charge in [0.2, 0.25) is 0 Å². The van der Waals surface area contributed by atoms with Crippen LogP contribution in [0, 0.1) is 35.5 Å². The molecule has 0 aliphatic heterocycles. The van der Waals surface area contributed by atoms with Gasteiger partial charge in [-0.25, -0.2) is 0 Å². The first-order chi connectivity index (χ1) is 11.8. The third-order valence-electron chi connectivity index (χ3n) is 5.97. The minimum Gasteiger partial charge on any atom is -0.106 e.